The van der Waals surface area contributed by atoms with Gasteiger partial charge in [-0.25, -0.2) is 4.68 Å². The fourth-order valence-electron chi connectivity index (χ4n) is 3.19. The van der Waals surface area contributed by atoms with Crippen molar-refractivity contribution in [2.45, 2.75) is 6.54 Å². The summed E-state index contributed by atoms with van der Waals surface area (Å²) >= 11 is 0. The van der Waals surface area contributed by atoms with Gasteiger partial charge < -0.3 is 15.1 Å². The largest absolute Gasteiger partial charge is 0.369 e. The number of carbonyl (C=O) groups excluding carboxylic acids is 1. The van der Waals surface area contributed by atoms with Gasteiger partial charge in [-0.1, -0.05) is 17.3 Å². The molecule has 2 heterocycles. The van der Waals surface area contributed by atoms with Crippen LogP contribution in [-0.2, 0) is 11.3 Å². The van der Waals surface area contributed by atoms with Crippen LogP contribution >= 0.6 is 0 Å². The van der Waals surface area contributed by atoms with Gasteiger partial charge in [0.1, 0.15) is 12.1 Å². The number of amides is 1. The summed E-state index contributed by atoms with van der Waals surface area (Å²) in [4.78, 5) is 17.0. The maximum Gasteiger partial charge on any atom is 0.246 e. The molecule has 1 aliphatic rings. The molecular weight excluding hydrogens is 328 g/mol. The van der Waals surface area contributed by atoms with Gasteiger partial charge in [-0.3, -0.25) is 4.79 Å². The molecule has 0 radical (unpaired) electrons. The highest BCUT2D eigenvalue weighted by molar-refractivity contribution is 5.91. The summed E-state index contributed by atoms with van der Waals surface area (Å²) in [5, 5.41) is 11.1. The summed E-state index contributed by atoms with van der Waals surface area (Å²) in [6, 6.07) is 15.6. The van der Waals surface area contributed by atoms with E-state index in [4.69, 9.17) is 0 Å². The number of likely N-dealkylation sites (N-methyl/N-ethyl adjacent to an activating group) is 1. The van der Waals surface area contributed by atoms with Crippen LogP contribution in [0.5, 0.6) is 0 Å². The number of piperazine rings is 1. The highest BCUT2D eigenvalue weighted by Crippen LogP contribution is 2.19. The Balaban J connectivity index is 1.38. The van der Waals surface area contributed by atoms with Gasteiger partial charge >= 0.3 is 0 Å². The van der Waals surface area contributed by atoms with E-state index in [-0.39, 0.29) is 12.5 Å². The molecule has 0 bridgehead atoms. The van der Waals surface area contributed by atoms with Gasteiger partial charge in [-0.15, -0.1) is 5.10 Å². The number of aromatic nitrogens is 3. The van der Waals surface area contributed by atoms with E-state index in [9.17, 15) is 4.79 Å². The first-order chi connectivity index (χ1) is 12.7. The molecule has 7 heteroatoms. The molecule has 1 amide bonds. The summed E-state index contributed by atoms with van der Waals surface area (Å²) in [5.74, 6) is -0.118. The smallest absolute Gasteiger partial charge is 0.246 e. The highest BCUT2D eigenvalue weighted by atomic mass is 16.2. The van der Waals surface area contributed by atoms with Crippen LogP contribution in [0.3, 0.4) is 0 Å². The minimum absolute atomic E-state index is 0.118. The van der Waals surface area contributed by atoms with Gasteiger partial charge in [-0.2, -0.15) is 0 Å². The zero-order valence-corrected chi connectivity index (χ0v) is 14.8. The number of anilines is 2. The zero-order valence-electron chi connectivity index (χ0n) is 14.8. The highest BCUT2D eigenvalue weighted by Gasteiger charge is 2.14. The van der Waals surface area contributed by atoms with Gasteiger partial charge in [0.15, 0.2) is 0 Å². The number of rotatable bonds is 4. The Morgan fingerprint density at radius 3 is 2.54 bits per heavy atom. The average molecular weight is 350 g/mol. The van der Waals surface area contributed by atoms with Crippen molar-refractivity contribution in [3.05, 3.63) is 48.5 Å². The van der Waals surface area contributed by atoms with Gasteiger partial charge in [-0.05, 0) is 43.4 Å². The molecule has 0 saturated carbocycles. The Bertz CT molecular complexity index is 896. The lowest BCUT2D eigenvalue weighted by Crippen LogP contribution is -2.44. The van der Waals surface area contributed by atoms with Crippen LogP contribution in [0.2, 0.25) is 0 Å². The van der Waals surface area contributed by atoms with Crippen molar-refractivity contribution in [3.63, 3.8) is 0 Å². The average Bonchev–Trinajstić information content (AvgIpc) is 3.06. The topological polar surface area (TPSA) is 66.3 Å². The molecule has 0 unspecified atom stereocenters. The summed E-state index contributed by atoms with van der Waals surface area (Å²) in [6.07, 6.45) is 0. The molecule has 26 heavy (non-hydrogen) atoms. The number of hydrogen-bond donors (Lipinski definition) is 1. The third-order valence-electron chi connectivity index (χ3n) is 4.73. The molecule has 4 rings (SSSR count). The molecule has 1 aromatic heterocycles. The Hall–Kier alpha value is -2.93. The van der Waals surface area contributed by atoms with Crippen LogP contribution in [0, 0.1) is 0 Å². The number of fused-ring (bicyclic) bond motifs is 1. The molecule has 2 aromatic carbocycles. The number of nitrogens with one attached hydrogen (secondary N) is 1. The van der Waals surface area contributed by atoms with Gasteiger partial charge in [0.25, 0.3) is 0 Å². The Morgan fingerprint density at radius 2 is 1.77 bits per heavy atom. The molecular formula is C19H22N6O. The third kappa shape index (κ3) is 3.52. The van der Waals surface area contributed by atoms with Gasteiger partial charge in [0.2, 0.25) is 5.91 Å². The predicted molar refractivity (Wildman–Crippen MR) is 102 cm³/mol. The molecule has 1 N–H and O–H groups in total. The standard InChI is InChI=1S/C19H22N6O/c1-23-10-12-24(13-11-23)16-8-6-15(7-9-16)20-19(26)14-25-18-5-3-2-4-17(18)21-22-25/h2-9H,10-14H2,1H3,(H,20,26). The number of benzene rings is 2. The predicted octanol–water partition coefficient (Wildman–Crippen LogP) is 1.82. The minimum Gasteiger partial charge on any atom is -0.369 e. The molecule has 1 fully saturated rings. The molecule has 3 aromatic rings. The Kier molecular flexibility index (Phi) is 4.53. The fraction of sp³-hybridized carbons (Fsp3) is 0.316. The normalized spacial score (nSPS) is 15.3. The monoisotopic (exact) mass is 350 g/mol. The van der Waals surface area contributed by atoms with E-state index in [1.807, 2.05) is 36.4 Å². The summed E-state index contributed by atoms with van der Waals surface area (Å²) < 4.78 is 1.61. The van der Waals surface area contributed by atoms with Crippen LogP contribution in [0.25, 0.3) is 11.0 Å². The van der Waals surface area contributed by atoms with Crippen LogP contribution in [0.15, 0.2) is 48.5 Å². The lowest BCUT2D eigenvalue weighted by molar-refractivity contribution is -0.116. The van der Waals surface area contributed by atoms with E-state index in [0.29, 0.717) is 0 Å². The molecule has 1 aliphatic heterocycles. The van der Waals surface area contributed by atoms with E-state index in [2.05, 4.69) is 44.6 Å². The van der Waals surface area contributed by atoms with E-state index < -0.39 is 0 Å². The maximum atomic E-state index is 12.3. The Labute approximate surface area is 152 Å². The van der Waals surface area contributed by atoms with Crippen molar-refractivity contribution in [1.82, 2.24) is 19.9 Å². The van der Waals surface area contributed by atoms with Crippen molar-refractivity contribution in [3.8, 4) is 0 Å². The van der Waals surface area contributed by atoms with Crippen LogP contribution < -0.4 is 10.2 Å². The minimum atomic E-state index is -0.118. The zero-order chi connectivity index (χ0) is 17.9. The summed E-state index contributed by atoms with van der Waals surface area (Å²) in [5.41, 5.74) is 3.63. The number of hydrogen-bond acceptors (Lipinski definition) is 5. The molecule has 0 aliphatic carbocycles. The van der Waals surface area contributed by atoms with E-state index in [1.54, 1.807) is 4.68 Å². The van der Waals surface area contributed by atoms with Crippen LogP contribution in [0.4, 0.5) is 11.4 Å². The first kappa shape index (κ1) is 16.5. The van der Waals surface area contributed by atoms with Crippen molar-refractivity contribution in [2.24, 2.45) is 0 Å². The molecule has 134 valence electrons. The molecule has 0 atom stereocenters. The lowest BCUT2D eigenvalue weighted by atomic mass is 10.2. The molecule has 0 spiro atoms. The van der Waals surface area contributed by atoms with Crippen molar-refractivity contribution in [2.75, 3.05) is 43.4 Å². The van der Waals surface area contributed by atoms with Crippen LogP contribution in [0.1, 0.15) is 0 Å². The Morgan fingerprint density at radius 1 is 1.04 bits per heavy atom. The second kappa shape index (κ2) is 7.13. The lowest BCUT2D eigenvalue weighted by Gasteiger charge is -2.34. The third-order valence-corrected chi connectivity index (χ3v) is 4.73. The van der Waals surface area contributed by atoms with E-state index in [1.165, 1.54) is 5.69 Å². The van der Waals surface area contributed by atoms with Crippen LogP contribution in [-0.4, -0.2) is 59.0 Å². The fourth-order valence-corrected chi connectivity index (χ4v) is 3.19. The van der Waals surface area contributed by atoms with Gasteiger partial charge in [0.05, 0.1) is 5.52 Å². The molecule has 1 saturated heterocycles. The SMILES string of the molecule is CN1CCN(c2ccc(NC(=O)Cn3nnc4ccccc43)cc2)CC1. The van der Waals surface area contributed by atoms with Crippen molar-refractivity contribution < 1.29 is 4.79 Å². The van der Waals surface area contributed by atoms with E-state index >= 15 is 0 Å². The maximum absolute atomic E-state index is 12.3. The number of nitrogens with zero attached hydrogens (tertiary/aromatic N) is 5. The van der Waals surface area contributed by atoms with Crippen molar-refractivity contribution in [1.29, 1.82) is 0 Å². The first-order valence-electron chi connectivity index (χ1n) is 8.81. The number of para-hydroxylation sites is 1. The summed E-state index contributed by atoms with van der Waals surface area (Å²) in [7, 11) is 2.15. The van der Waals surface area contributed by atoms with Crippen molar-refractivity contribution >= 4 is 28.3 Å². The number of carbonyl (C=O) groups is 1. The van der Waals surface area contributed by atoms with E-state index in [0.717, 1.165) is 42.9 Å². The summed E-state index contributed by atoms with van der Waals surface area (Å²) in [6.45, 7) is 4.35. The quantitative estimate of drug-likeness (QED) is 0.777. The van der Waals surface area contributed by atoms with Gasteiger partial charge in [0, 0.05) is 37.6 Å². The second-order valence-corrected chi connectivity index (χ2v) is 6.62. The first-order valence-corrected chi connectivity index (χ1v) is 8.81. The second-order valence-electron chi connectivity index (χ2n) is 6.62. The molecule has 7 nitrogen and oxygen atoms in total.